The van der Waals surface area contributed by atoms with E-state index in [0.717, 1.165) is 27.8 Å². The van der Waals surface area contributed by atoms with E-state index < -0.39 is 9.84 Å². The lowest BCUT2D eigenvalue weighted by atomic mass is 9.97. The van der Waals surface area contributed by atoms with Crippen molar-refractivity contribution >= 4 is 21.4 Å². The molecule has 2 aromatic carbocycles. The van der Waals surface area contributed by atoms with E-state index in [9.17, 15) is 8.42 Å². The maximum atomic E-state index is 12.4. The summed E-state index contributed by atoms with van der Waals surface area (Å²) in [5.41, 5.74) is 4.37. The maximum Gasteiger partial charge on any atom is 0.183 e. The zero-order chi connectivity index (χ0) is 13.8. The minimum absolute atomic E-state index is 0.0150. The molecule has 0 saturated carbocycles. The van der Waals surface area contributed by atoms with Crippen LogP contribution in [0, 0.1) is 13.8 Å². The summed E-state index contributed by atoms with van der Waals surface area (Å²) in [6, 6.07) is 9.33. The molecule has 2 nitrogen and oxygen atoms in total. The van der Waals surface area contributed by atoms with E-state index >= 15 is 0 Å². The Kier molecular flexibility index (Phi) is 2.73. The predicted molar refractivity (Wildman–Crippen MR) is 77.3 cm³/mol. The van der Waals surface area contributed by atoms with Crippen LogP contribution in [0.2, 0.25) is 5.02 Å². The largest absolute Gasteiger partial charge is 0.223 e. The van der Waals surface area contributed by atoms with Crippen molar-refractivity contribution in [3.63, 3.8) is 0 Å². The van der Waals surface area contributed by atoms with Crippen LogP contribution in [-0.4, -0.2) is 8.42 Å². The molecule has 0 aromatic heterocycles. The zero-order valence-corrected chi connectivity index (χ0v) is 12.3. The summed E-state index contributed by atoms with van der Waals surface area (Å²) in [5, 5.41) is 0.563. The van der Waals surface area contributed by atoms with Gasteiger partial charge in [-0.2, -0.15) is 0 Å². The molecule has 3 rings (SSSR count). The number of benzene rings is 2. The fourth-order valence-corrected chi connectivity index (χ4v) is 4.45. The molecule has 0 unspecified atom stereocenters. The van der Waals surface area contributed by atoms with Crippen LogP contribution in [0.1, 0.15) is 16.7 Å². The van der Waals surface area contributed by atoms with Crippen molar-refractivity contribution in [2.45, 2.75) is 24.5 Å². The Labute approximate surface area is 118 Å². The van der Waals surface area contributed by atoms with Crippen molar-refractivity contribution in [2.75, 3.05) is 0 Å². The van der Waals surface area contributed by atoms with Gasteiger partial charge in [0.1, 0.15) is 0 Å². The van der Waals surface area contributed by atoms with Gasteiger partial charge in [-0.25, -0.2) is 8.42 Å². The van der Waals surface area contributed by atoms with E-state index in [1.807, 2.05) is 38.1 Å². The Morgan fingerprint density at radius 2 is 1.79 bits per heavy atom. The van der Waals surface area contributed by atoms with E-state index in [0.29, 0.717) is 9.92 Å². The highest BCUT2D eigenvalue weighted by Crippen LogP contribution is 2.41. The summed E-state index contributed by atoms with van der Waals surface area (Å²) < 4.78 is 24.7. The molecule has 0 atom stereocenters. The first-order valence-corrected chi connectivity index (χ1v) is 8.05. The van der Waals surface area contributed by atoms with E-state index in [4.69, 9.17) is 11.6 Å². The molecule has 19 heavy (non-hydrogen) atoms. The molecular weight excluding hydrogens is 280 g/mol. The lowest BCUT2D eigenvalue weighted by molar-refractivity contribution is 0.594. The molecule has 0 N–H and O–H groups in total. The fraction of sp³-hybridized carbons (Fsp3) is 0.200. The average molecular weight is 293 g/mol. The average Bonchev–Trinajstić information content (AvgIpc) is 2.34. The van der Waals surface area contributed by atoms with Gasteiger partial charge in [0, 0.05) is 10.6 Å². The van der Waals surface area contributed by atoms with Gasteiger partial charge in [-0.1, -0.05) is 41.4 Å². The molecule has 0 fully saturated rings. The van der Waals surface area contributed by atoms with Gasteiger partial charge in [-0.15, -0.1) is 0 Å². The van der Waals surface area contributed by atoms with Crippen LogP contribution in [0.25, 0.3) is 11.1 Å². The summed E-state index contributed by atoms with van der Waals surface area (Å²) in [5.74, 6) is -0.0150. The molecule has 0 bridgehead atoms. The normalized spacial score (nSPS) is 15.7. The van der Waals surface area contributed by atoms with Gasteiger partial charge in [-0.3, -0.25) is 0 Å². The molecule has 0 aliphatic carbocycles. The van der Waals surface area contributed by atoms with Gasteiger partial charge in [-0.05, 0) is 36.6 Å². The number of aryl methyl sites for hydroxylation is 2. The number of fused-ring (bicyclic) bond motifs is 3. The van der Waals surface area contributed by atoms with E-state index in [2.05, 4.69) is 0 Å². The van der Waals surface area contributed by atoms with Gasteiger partial charge < -0.3 is 0 Å². The van der Waals surface area contributed by atoms with Gasteiger partial charge in [0.15, 0.2) is 9.84 Å². The Morgan fingerprint density at radius 3 is 2.53 bits per heavy atom. The van der Waals surface area contributed by atoms with Crippen LogP contribution in [0.15, 0.2) is 35.2 Å². The number of hydrogen-bond acceptors (Lipinski definition) is 2. The molecule has 4 heteroatoms. The minimum atomic E-state index is -3.30. The molecule has 0 saturated heterocycles. The van der Waals surface area contributed by atoms with Crippen LogP contribution in [-0.2, 0) is 15.6 Å². The van der Waals surface area contributed by atoms with Gasteiger partial charge in [0.2, 0.25) is 0 Å². The van der Waals surface area contributed by atoms with Crippen LogP contribution in [0.3, 0.4) is 0 Å². The maximum absolute atomic E-state index is 12.4. The summed E-state index contributed by atoms with van der Waals surface area (Å²) in [4.78, 5) is 0.408. The van der Waals surface area contributed by atoms with Crippen molar-refractivity contribution in [3.05, 3.63) is 52.0 Å². The summed E-state index contributed by atoms with van der Waals surface area (Å²) in [7, 11) is -3.30. The second-order valence-corrected chi connectivity index (χ2v) is 7.32. The van der Waals surface area contributed by atoms with E-state index in [1.54, 1.807) is 6.07 Å². The summed E-state index contributed by atoms with van der Waals surface area (Å²) >= 11 is 6.28. The van der Waals surface area contributed by atoms with Gasteiger partial charge in [0.05, 0.1) is 10.6 Å². The lowest BCUT2D eigenvalue weighted by Crippen LogP contribution is -2.14. The Bertz CT molecular complexity index is 792. The van der Waals surface area contributed by atoms with Crippen molar-refractivity contribution in [1.29, 1.82) is 0 Å². The Hall–Kier alpha value is -1.32. The highest BCUT2D eigenvalue weighted by Gasteiger charge is 2.29. The molecule has 98 valence electrons. The molecule has 0 spiro atoms. The molecule has 0 amide bonds. The molecule has 1 heterocycles. The van der Waals surface area contributed by atoms with E-state index in [1.165, 1.54) is 0 Å². The second-order valence-electron chi connectivity index (χ2n) is 4.98. The van der Waals surface area contributed by atoms with Crippen molar-refractivity contribution < 1.29 is 8.42 Å². The third kappa shape index (κ3) is 1.88. The van der Waals surface area contributed by atoms with Crippen molar-refractivity contribution in [2.24, 2.45) is 0 Å². The minimum Gasteiger partial charge on any atom is -0.223 e. The Morgan fingerprint density at radius 1 is 1.05 bits per heavy atom. The number of rotatable bonds is 0. The van der Waals surface area contributed by atoms with Crippen LogP contribution in [0.4, 0.5) is 0 Å². The van der Waals surface area contributed by atoms with Crippen LogP contribution < -0.4 is 0 Å². The SMILES string of the molecule is Cc1ccc2c(c1)-c1ccc(C)c(Cl)c1CS2(=O)=O. The van der Waals surface area contributed by atoms with Crippen molar-refractivity contribution in [3.8, 4) is 11.1 Å². The third-order valence-electron chi connectivity index (χ3n) is 3.53. The predicted octanol–water partition coefficient (Wildman–Crippen LogP) is 3.91. The standard InChI is InChI=1S/C15H13ClO2S/c1-9-3-6-14-12(7-9)11-5-4-10(2)15(16)13(11)8-19(14,17)18/h3-7H,8H2,1-2H3. The topological polar surface area (TPSA) is 34.1 Å². The van der Waals surface area contributed by atoms with E-state index in [-0.39, 0.29) is 5.75 Å². The summed E-state index contributed by atoms with van der Waals surface area (Å²) in [6.07, 6.45) is 0. The monoisotopic (exact) mass is 292 g/mol. The van der Waals surface area contributed by atoms with Crippen LogP contribution in [0.5, 0.6) is 0 Å². The first kappa shape index (κ1) is 12.7. The molecule has 1 aliphatic rings. The quantitative estimate of drug-likeness (QED) is 0.738. The third-order valence-corrected chi connectivity index (χ3v) is 5.75. The highest BCUT2D eigenvalue weighted by atomic mass is 35.5. The second kappa shape index (κ2) is 4.09. The fourth-order valence-electron chi connectivity index (χ4n) is 2.53. The number of halogens is 1. The van der Waals surface area contributed by atoms with Crippen LogP contribution >= 0.6 is 11.6 Å². The summed E-state index contributed by atoms with van der Waals surface area (Å²) in [6.45, 7) is 3.85. The zero-order valence-electron chi connectivity index (χ0n) is 10.7. The smallest absolute Gasteiger partial charge is 0.183 e. The molecular formula is C15H13ClO2S. The van der Waals surface area contributed by atoms with Gasteiger partial charge in [0.25, 0.3) is 0 Å². The molecule has 2 aromatic rings. The molecule has 0 radical (unpaired) electrons. The lowest BCUT2D eigenvalue weighted by Gasteiger charge is -2.22. The number of sulfone groups is 1. The molecule has 1 aliphatic heterocycles. The highest BCUT2D eigenvalue weighted by molar-refractivity contribution is 7.90. The number of hydrogen-bond donors (Lipinski definition) is 0. The van der Waals surface area contributed by atoms with Gasteiger partial charge >= 0.3 is 0 Å². The van der Waals surface area contributed by atoms with Crippen molar-refractivity contribution in [1.82, 2.24) is 0 Å². The first-order chi connectivity index (χ1) is 8.90. The first-order valence-electron chi connectivity index (χ1n) is 6.02. The Balaban J connectivity index is 2.44.